The Kier molecular flexibility index (Phi) is 6.85. The largest absolute Gasteiger partial charge is 0.351 e. The van der Waals surface area contributed by atoms with E-state index in [9.17, 15) is 9.59 Å². The Morgan fingerprint density at radius 3 is 2.18 bits per heavy atom. The first-order valence-electron chi connectivity index (χ1n) is 6.32. The molecule has 2 amide bonds. The van der Waals surface area contributed by atoms with Crippen LogP contribution in [0.3, 0.4) is 0 Å². The molecule has 0 aromatic heterocycles. The number of nitrogens with zero attached hydrogens (tertiary/aromatic N) is 1. The van der Waals surface area contributed by atoms with E-state index in [2.05, 4.69) is 12.2 Å². The van der Waals surface area contributed by atoms with Crippen LogP contribution in [0.25, 0.3) is 0 Å². The average molecular weight is 242 g/mol. The number of amides is 2. The molecular formula is C13H26N2O2. The van der Waals surface area contributed by atoms with E-state index in [0.29, 0.717) is 13.0 Å². The molecule has 0 fully saturated rings. The first-order valence-corrected chi connectivity index (χ1v) is 6.32. The Bertz CT molecular complexity index is 257. The highest BCUT2D eigenvalue weighted by molar-refractivity contribution is 5.78. The number of carbonyl (C=O) groups excluding carboxylic acids is 2. The molecule has 0 aliphatic carbocycles. The summed E-state index contributed by atoms with van der Waals surface area (Å²) < 4.78 is 0. The van der Waals surface area contributed by atoms with Crippen LogP contribution < -0.4 is 5.32 Å². The van der Waals surface area contributed by atoms with Gasteiger partial charge < -0.3 is 10.2 Å². The molecular weight excluding hydrogens is 216 g/mol. The van der Waals surface area contributed by atoms with Crippen LogP contribution >= 0.6 is 0 Å². The van der Waals surface area contributed by atoms with Gasteiger partial charge in [-0.3, -0.25) is 9.59 Å². The van der Waals surface area contributed by atoms with Crippen molar-refractivity contribution < 1.29 is 9.59 Å². The van der Waals surface area contributed by atoms with Gasteiger partial charge in [-0.05, 0) is 27.2 Å². The highest BCUT2D eigenvalue weighted by Crippen LogP contribution is 2.01. The molecule has 0 atom stereocenters. The van der Waals surface area contributed by atoms with Gasteiger partial charge >= 0.3 is 0 Å². The number of hydrogen-bond acceptors (Lipinski definition) is 2. The Morgan fingerprint density at radius 1 is 1.18 bits per heavy atom. The predicted octanol–water partition coefficient (Wildman–Crippen LogP) is 1.94. The second-order valence-corrected chi connectivity index (χ2v) is 5.41. The van der Waals surface area contributed by atoms with Gasteiger partial charge in [-0.2, -0.15) is 0 Å². The van der Waals surface area contributed by atoms with Gasteiger partial charge in [-0.1, -0.05) is 13.3 Å². The highest BCUT2D eigenvalue weighted by atomic mass is 16.2. The van der Waals surface area contributed by atoms with E-state index in [1.807, 2.05) is 20.8 Å². The fraction of sp³-hybridized carbons (Fsp3) is 0.846. The SMILES string of the molecule is CCCCN(CCC(=O)NC(C)(C)C)C(C)=O. The van der Waals surface area contributed by atoms with E-state index >= 15 is 0 Å². The molecule has 17 heavy (non-hydrogen) atoms. The minimum atomic E-state index is -0.207. The van der Waals surface area contributed by atoms with Crippen molar-refractivity contribution in [1.82, 2.24) is 10.2 Å². The number of carbonyl (C=O) groups is 2. The summed E-state index contributed by atoms with van der Waals surface area (Å²) in [5, 5.41) is 2.89. The average Bonchev–Trinajstić information content (AvgIpc) is 2.14. The molecule has 100 valence electrons. The molecule has 0 radical (unpaired) electrons. The minimum absolute atomic E-state index is 0.000230. The molecule has 0 aliphatic heterocycles. The van der Waals surface area contributed by atoms with Gasteiger partial charge in [0.05, 0.1) is 0 Å². The quantitative estimate of drug-likeness (QED) is 0.774. The van der Waals surface area contributed by atoms with E-state index in [1.54, 1.807) is 11.8 Å². The van der Waals surface area contributed by atoms with Crippen molar-refractivity contribution in [1.29, 1.82) is 0 Å². The minimum Gasteiger partial charge on any atom is -0.351 e. The molecule has 0 saturated heterocycles. The van der Waals surface area contributed by atoms with E-state index in [4.69, 9.17) is 0 Å². The second kappa shape index (κ2) is 7.30. The van der Waals surface area contributed by atoms with Gasteiger partial charge in [0.25, 0.3) is 0 Å². The zero-order valence-corrected chi connectivity index (χ0v) is 11.8. The molecule has 0 unspecified atom stereocenters. The zero-order valence-electron chi connectivity index (χ0n) is 11.8. The van der Waals surface area contributed by atoms with Gasteiger partial charge in [0.2, 0.25) is 11.8 Å². The lowest BCUT2D eigenvalue weighted by Crippen LogP contribution is -2.42. The van der Waals surface area contributed by atoms with Crippen molar-refractivity contribution in [3.05, 3.63) is 0 Å². The lowest BCUT2D eigenvalue weighted by molar-refractivity contribution is -0.130. The third-order valence-electron chi connectivity index (χ3n) is 2.35. The molecule has 4 nitrogen and oxygen atoms in total. The van der Waals surface area contributed by atoms with Gasteiger partial charge in [0.1, 0.15) is 0 Å². The lowest BCUT2D eigenvalue weighted by atomic mass is 10.1. The lowest BCUT2D eigenvalue weighted by Gasteiger charge is -2.23. The van der Waals surface area contributed by atoms with E-state index < -0.39 is 0 Å². The molecule has 0 heterocycles. The highest BCUT2D eigenvalue weighted by Gasteiger charge is 2.15. The van der Waals surface area contributed by atoms with Crippen LogP contribution in [0.2, 0.25) is 0 Å². The Labute approximate surface area is 105 Å². The monoisotopic (exact) mass is 242 g/mol. The number of rotatable bonds is 6. The normalized spacial score (nSPS) is 11.1. The molecule has 0 bridgehead atoms. The fourth-order valence-electron chi connectivity index (χ4n) is 1.49. The first-order chi connectivity index (χ1) is 7.76. The van der Waals surface area contributed by atoms with Gasteiger partial charge in [0.15, 0.2) is 0 Å². The van der Waals surface area contributed by atoms with Gasteiger partial charge in [0, 0.05) is 32.0 Å². The standard InChI is InChI=1S/C13H26N2O2/c1-6-7-9-15(11(2)16)10-8-12(17)14-13(3,4)5/h6-10H2,1-5H3,(H,14,17). The molecule has 0 aliphatic rings. The third kappa shape index (κ3) is 8.72. The van der Waals surface area contributed by atoms with Crippen LogP contribution in [0.5, 0.6) is 0 Å². The Morgan fingerprint density at radius 2 is 1.76 bits per heavy atom. The number of unbranched alkanes of at least 4 members (excludes halogenated alkanes) is 1. The van der Waals surface area contributed by atoms with Crippen LogP contribution in [0.1, 0.15) is 53.9 Å². The van der Waals surface area contributed by atoms with Crippen molar-refractivity contribution in [3.8, 4) is 0 Å². The summed E-state index contributed by atoms with van der Waals surface area (Å²) in [6.07, 6.45) is 2.42. The van der Waals surface area contributed by atoms with Crippen LogP contribution in [-0.4, -0.2) is 35.3 Å². The van der Waals surface area contributed by atoms with Crippen molar-refractivity contribution in [2.75, 3.05) is 13.1 Å². The summed E-state index contributed by atoms with van der Waals surface area (Å²) in [5.41, 5.74) is -0.207. The van der Waals surface area contributed by atoms with Gasteiger partial charge in [-0.25, -0.2) is 0 Å². The smallest absolute Gasteiger partial charge is 0.222 e. The second-order valence-electron chi connectivity index (χ2n) is 5.41. The summed E-state index contributed by atoms with van der Waals surface area (Å²) >= 11 is 0. The Hall–Kier alpha value is -1.06. The van der Waals surface area contributed by atoms with Crippen molar-refractivity contribution >= 4 is 11.8 Å². The summed E-state index contributed by atoms with van der Waals surface area (Å²) in [6, 6.07) is 0. The molecule has 0 saturated carbocycles. The topological polar surface area (TPSA) is 49.4 Å². The third-order valence-corrected chi connectivity index (χ3v) is 2.35. The van der Waals surface area contributed by atoms with Crippen molar-refractivity contribution in [2.24, 2.45) is 0 Å². The molecule has 0 aromatic carbocycles. The van der Waals surface area contributed by atoms with E-state index in [-0.39, 0.29) is 17.4 Å². The fourth-order valence-corrected chi connectivity index (χ4v) is 1.49. The van der Waals surface area contributed by atoms with E-state index in [0.717, 1.165) is 19.4 Å². The zero-order chi connectivity index (χ0) is 13.5. The molecule has 0 spiro atoms. The van der Waals surface area contributed by atoms with Crippen molar-refractivity contribution in [3.63, 3.8) is 0 Å². The summed E-state index contributed by atoms with van der Waals surface area (Å²) in [5.74, 6) is 0.0438. The van der Waals surface area contributed by atoms with Gasteiger partial charge in [-0.15, -0.1) is 0 Å². The maximum absolute atomic E-state index is 11.6. The van der Waals surface area contributed by atoms with Crippen LogP contribution in [0.15, 0.2) is 0 Å². The number of nitrogens with one attached hydrogen (secondary N) is 1. The summed E-state index contributed by atoms with van der Waals surface area (Å²) in [7, 11) is 0. The van der Waals surface area contributed by atoms with Crippen LogP contribution in [0.4, 0.5) is 0 Å². The predicted molar refractivity (Wildman–Crippen MR) is 69.7 cm³/mol. The van der Waals surface area contributed by atoms with Crippen molar-refractivity contribution in [2.45, 2.75) is 59.4 Å². The van der Waals surface area contributed by atoms with Crippen LogP contribution in [0, 0.1) is 0 Å². The van der Waals surface area contributed by atoms with E-state index in [1.165, 1.54) is 0 Å². The molecule has 0 rings (SSSR count). The number of hydrogen-bond donors (Lipinski definition) is 1. The maximum atomic E-state index is 11.6. The Balaban J connectivity index is 4.04. The molecule has 1 N–H and O–H groups in total. The molecule has 0 aromatic rings. The molecule has 4 heteroatoms. The maximum Gasteiger partial charge on any atom is 0.222 e. The first kappa shape index (κ1) is 15.9. The summed E-state index contributed by atoms with van der Waals surface area (Å²) in [4.78, 5) is 24.7. The summed E-state index contributed by atoms with van der Waals surface area (Å²) in [6.45, 7) is 10.7. The van der Waals surface area contributed by atoms with Crippen LogP contribution in [-0.2, 0) is 9.59 Å².